The van der Waals surface area contributed by atoms with E-state index in [4.69, 9.17) is 0 Å². The minimum absolute atomic E-state index is 0.504. The van der Waals surface area contributed by atoms with Crippen molar-refractivity contribution in [3.8, 4) is 0 Å². The number of nitrogens with one attached hydrogen (secondary N) is 3. The number of halogens is 1. The van der Waals surface area contributed by atoms with Gasteiger partial charge >= 0.3 is 0 Å². The van der Waals surface area contributed by atoms with Crippen LogP contribution in [0.5, 0.6) is 0 Å². The number of H-pyrrole nitrogens is 2. The summed E-state index contributed by atoms with van der Waals surface area (Å²) in [5.74, 6) is 2.19. The first-order valence-corrected chi connectivity index (χ1v) is 18.0. The van der Waals surface area contributed by atoms with Gasteiger partial charge in [-0.3, -0.25) is 0 Å². The molecule has 4 aromatic rings. The topological polar surface area (TPSA) is 105 Å². The van der Waals surface area contributed by atoms with Crippen LogP contribution in [-0.4, -0.2) is 99.0 Å². The summed E-state index contributed by atoms with van der Waals surface area (Å²) < 4.78 is 0. The average molecular weight is 679 g/mol. The van der Waals surface area contributed by atoms with Crippen LogP contribution in [0.4, 0.5) is 11.6 Å². The zero-order chi connectivity index (χ0) is 31.1. The van der Waals surface area contributed by atoms with E-state index in [-0.39, 0.29) is 0 Å². The van der Waals surface area contributed by atoms with Crippen molar-refractivity contribution in [2.75, 3.05) is 74.0 Å². The lowest BCUT2D eigenvalue weighted by atomic mass is 10.1. The lowest BCUT2D eigenvalue weighted by Gasteiger charge is -2.25. The maximum absolute atomic E-state index is 4.60. The summed E-state index contributed by atoms with van der Waals surface area (Å²) in [6.07, 6.45) is 17.5. The third-order valence-electron chi connectivity index (χ3n) is 9.75. The molecule has 4 aliphatic rings. The molecule has 0 amide bonds. The van der Waals surface area contributed by atoms with Gasteiger partial charge in [-0.05, 0) is 57.2 Å². The van der Waals surface area contributed by atoms with E-state index in [1.165, 1.54) is 58.0 Å². The van der Waals surface area contributed by atoms with E-state index in [1.54, 1.807) is 12.7 Å². The van der Waals surface area contributed by atoms with Gasteiger partial charge in [-0.15, -0.1) is 0 Å². The molecule has 0 aromatic carbocycles. The molecule has 2 saturated carbocycles. The Morgan fingerprint density at radius 1 is 0.800 bits per heavy atom. The molecule has 4 fully saturated rings. The molecular weight excluding hydrogens is 628 g/mol. The smallest absolute Gasteiger partial charge is 0.142 e. The fourth-order valence-electron chi connectivity index (χ4n) is 6.71. The van der Waals surface area contributed by atoms with Crippen LogP contribution >= 0.6 is 15.9 Å². The van der Waals surface area contributed by atoms with Crippen LogP contribution in [0.15, 0.2) is 37.2 Å². The van der Waals surface area contributed by atoms with Gasteiger partial charge in [-0.25, -0.2) is 19.9 Å². The van der Waals surface area contributed by atoms with Crippen molar-refractivity contribution >= 4 is 49.6 Å². The van der Waals surface area contributed by atoms with E-state index in [9.17, 15) is 0 Å². The second-order valence-corrected chi connectivity index (χ2v) is 14.2. The Labute approximate surface area is 276 Å². The van der Waals surface area contributed by atoms with Crippen LogP contribution < -0.4 is 15.1 Å². The van der Waals surface area contributed by atoms with Crippen molar-refractivity contribution in [2.45, 2.75) is 58.3 Å². The molecule has 11 heteroatoms. The summed E-state index contributed by atoms with van der Waals surface area (Å²) in [6, 6.07) is 4.17. The van der Waals surface area contributed by atoms with Gasteiger partial charge in [0.1, 0.15) is 35.6 Å². The summed E-state index contributed by atoms with van der Waals surface area (Å²) in [5.41, 5.74) is 2.89. The molecular formula is C34H50BrN10+. The van der Waals surface area contributed by atoms with Crippen molar-refractivity contribution in [3.05, 3.63) is 44.1 Å². The van der Waals surface area contributed by atoms with Gasteiger partial charge in [0.05, 0.1) is 24.1 Å². The molecule has 0 atom stereocenters. The van der Waals surface area contributed by atoms with E-state index in [2.05, 4.69) is 91.8 Å². The maximum Gasteiger partial charge on any atom is 0.142 e. The fourth-order valence-corrected chi connectivity index (χ4v) is 7.11. The average Bonchev–Trinajstić information content (AvgIpc) is 3.92. The molecule has 2 aliphatic carbocycles. The molecule has 6 heterocycles. The number of aromatic amines is 2. The predicted octanol–water partition coefficient (Wildman–Crippen LogP) is 5.80. The van der Waals surface area contributed by atoms with E-state index < -0.39 is 0 Å². The summed E-state index contributed by atoms with van der Waals surface area (Å²) >= 11 is 3.27. The summed E-state index contributed by atoms with van der Waals surface area (Å²) in [7, 11) is 0. The summed E-state index contributed by atoms with van der Waals surface area (Å²) in [4.78, 5) is 31.6. The number of hydrogen-bond donors (Lipinski definition) is 3. The molecule has 4 aromatic heterocycles. The zero-order valence-corrected chi connectivity index (χ0v) is 28.5. The normalized spacial score (nSPS) is 20.3. The molecule has 242 valence electrons. The monoisotopic (exact) mass is 677 g/mol. The lowest BCUT2D eigenvalue weighted by Crippen LogP contribution is -2.31. The molecule has 45 heavy (non-hydrogen) atoms. The van der Waals surface area contributed by atoms with Crippen LogP contribution in [0, 0.1) is 17.8 Å². The zero-order valence-electron chi connectivity index (χ0n) is 26.9. The Morgan fingerprint density at radius 2 is 1.42 bits per heavy atom. The van der Waals surface area contributed by atoms with E-state index in [0.29, 0.717) is 10.8 Å². The Kier molecular flexibility index (Phi) is 10.5. The van der Waals surface area contributed by atoms with Gasteiger partial charge < -0.3 is 30.0 Å². The number of rotatable bonds is 7. The van der Waals surface area contributed by atoms with Crippen LogP contribution in [0.1, 0.15) is 58.3 Å². The van der Waals surface area contributed by atoms with Crippen molar-refractivity contribution in [3.63, 3.8) is 0 Å². The quantitative estimate of drug-likeness (QED) is 0.167. The summed E-state index contributed by atoms with van der Waals surface area (Å²) in [6.45, 7) is 16.2. The standard InChI is InChI=1S/C17H25N5.C13H17N5.C4H8Br/c1-2-3-8-21-9-10-22(12-17(11-21)5-6-17)16-14-4-7-18-15(14)19-13-20-16;1-4-15-11-10(1)12(17-9-16-11)18-6-5-14-7-13(8-18)2-3-13;1-2-3-4-5/h4,7,13H,2-3,5-6,8-12H2,1H3,(H,18,19,20);1,4,9,14H,2-3,5-8H2,(H,15,16,17);1-4H2/q;;+1. The van der Waals surface area contributed by atoms with Crippen LogP contribution in [0.25, 0.3) is 22.1 Å². The Morgan fingerprint density at radius 3 is 1.98 bits per heavy atom. The van der Waals surface area contributed by atoms with Crippen molar-refractivity contribution in [1.29, 1.82) is 0 Å². The second kappa shape index (κ2) is 14.7. The van der Waals surface area contributed by atoms with Gasteiger partial charge in [0.15, 0.2) is 0 Å². The number of unbranched alkanes of at least 4 members (excludes halogenated alkanes) is 2. The van der Waals surface area contributed by atoms with Gasteiger partial charge in [-0.1, -0.05) is 29.3 Å². The molecule has 2 aliphatic heterocycles. The first kappa shape index (κ1) is 32.1. The molecule has 2 saturated heterocycles. The molecule has 10 nitrogen and oxygen atoms in total. The van der Waals surface area contributed by atoms with E-state index in [0.717, 1.165) is 91.3 Å². The SMILES string of the molecule is CCCCN1CCN(c2ncnc3[nH]ccc23)CC2(CC2)C1.[CH2+]CCCBr.c1nc(N2CCNCC3(CC3)C2)c2cc[nH]c2n1. The summed E-state index contributed by atoms with van der Waals surface area (Å²) in [5, 5.41) is 6.93. The number of alkyl halides is 1. The van der Waals surface area contributed by atoms with Crippen molar-refractivity contribution in [2.24, 2.45) is 10.8 Å². The van der Waals surface area contributed by atoms with Crippen LogP contribution in [-0.2, 0) is 0 Å². The minimum atomic E-state index is 0.504. The first-order valence-electron chi connectivity index (χ1n) is 16.9. The van der Waals surface area contributed by atoms with Crippen LogP contribution in [0.2, 0.25) is 0 Å². The number of hydrogen-bond acceptors (Lipinski definition) is 8. The lowest BCUT2D eigenvalue weighted by molar-refractivity contribution is 0.244. The third-order valence-corrected chi connectivity index (χ3v) is 10.3. The predicted molar refractivity (Wildman–Crippen MR) is 188 cm³/mol. The van der Waals surface area contributed by atoms with Gasteiger partial charge in [0, 0.05) is 80.9 Å². The van der Waals surface area contributed by atoms with E-state index >= 15 is 0 Å². The highest BCUT2D eigenvalue weighted by Crippen LogP contribution is 2.49. The number of anilines is 2. The largest absolute Gasteiger partial charge is 0.354 e. The fraction of sp³-hybridized carbons (Fsp3) is 0.618. The van der Waals surface area contributed by atoms with Gasteiger partial charge in [0.2, 0.25) is 0 Å². The maximum atomic E-state index is 4.60. The van der Waals surface area contributed by atoms with Crippen LogP contribution in [0.3, 0.4) is 0 Å². The van der Waals surface area contributed by atoms with Crippen molar-refractivity contribution < 1.29 is 0 Å². The third kappa shape index (κ3) is 7.92. The highest BCUT2D eigenvalue weighted by molar-refractivity contribution is 9.09. The first-order chi connectivity index (χ1) is 22.1. The van der Waals surface area contributed by atoms with Crippen molar-refractivity contribution in [1.82, 2.24) is 40.1 Å². The Bertz CT molecular complexity index is 1490. The van der Waals surface area contributed by atoms with Gasteiger partial charge in [0.25, 0.3) is 0 Å². The highest BCUT2D eigenvalue weighted by Gasteiger charge is 2.47. The Balaban J connectivity index is 0.000000140. The number of aromatic nitrogens is 6. The minimum Gasteiger partial charge on any atom is -0.354 e. The number of fused-ring (bicyclic) bond motifs is 2. The molecule has 0 radical (unpaired) electrons. The molecule has 0 bridgehead atoms. The Hall–Kier alpha value is -2.89. The van der Waals surface area contributed by atoms with Gasteiger partial charge in [-0.2, -0.15) is 0 Å². The molecule has 2 spiro atoms. The second-order valence-electron chi connectivity index (χ2n) is 13.4. The van der Waals surface area contributed by atoms with E-state index in [1.807, 2.05) is 12.4 Å². The molecule has 3 N–H and O–H groups in total. The molecule has 0 unspecified atom stereocenters. The number of nitrogens with zero attached hydrogens (tertiary/aromatic N) is 7. The highest BCUT2D eigenvalue weighted by atomic mass is 79.9. The molecule has 8 rings (SSSR count).